The van der Waals surface area contributed by atoms with Crippen molar-refractivity contribution in [2.75, 3.05) is 6.61 Å². The molecule has 2 aliphatic rings. The third-order valence-corrected chi connectivity index (χ3v) is 5.04. The van der Waals surface area contributed by atoms with Gasteiger partial charge in [-0.05, 0) is 43.5 Å². The SMILES string of the molecule is CCCCOc1ccc(C(=O)NNC(=O)[C@@H]2[C@H](C(=O)O)[C@H]3CC[C@H]2O3)cc1. The van der Waals surface area contributed by atoms with Crippen LogP contribution in [0, 0.1) is 11.8 Å². The van der Waals surface area contributed by atoms with Crippen molar-refractivity contribution in [1.29, 1.82) is 0 Å². The number of carbonyl (C=O) groups is 3. The van der Waals surface area contributed by atoms with E-state index in [1.807, 2.05) is 0 Å². The lowest BCUT2D eigenvalue weighted by atomic mass is 9.79. The van der Waals surface area contributed by atoms with E-state index in [1.54, 1.807) is 24.3 Å². The largest absolute Gasteiger partial charge is 0.494 e. The lowest BCUT2D eigenvalue weighted by molar-refractivity contribution is -0.148. The summed E-state index contributed by atoms with van der Waals surface area (Å²) in [4.78, 5) is 36.0. The number of unbranched alkanes of at least 4 members (excludes halogenated alkanes) is 1. The Kier molecular flexibility index (Phi) is 5.95. The fourth-order valence-corrected chi connectivity index (χ4v) is 3.64. The molecule has 1 aromatic rings. The highest BCUT2D eigenvalue weighted by atomic mass is 16.5. The molecule has 8 heteroatoms. The second-order valence-electron chi connectivity index (χ2n) is 6.85. The smallest absolute Gasteiger partial charge is 0.310 e. The van der Waals surface area contributed by atoms with Crippen molar-refractivity contribution >= 4 is 17.8 Å². The minimum atomic E-state index is -1.05. The third kappa shape index (κ3) is 4.21. The van der Waals surface area contributed by atoms with Gasteiger partial charge in [0.25, 0.3) is 5.91 Å². The fourth-order valence-electron chi connectivity index (χ4n) is 3.64. The van der Waals surface area contributed by atoms with Crippen LogP contribution in [0.3, 0.4) is 0 Å². The van der Waals surface area contributed by atoms with Crippen molar-refractivity contribution in [1.82, 2.24) is 10.9 Å². The monoisotopic (exact) mass is 376 g/mol. The third-order valence-electron chi connectivity index (χ3n) is 5.04. The Balaban J connectivity index is 1.53. The molecule has 0 spiro atoms. The lowest BCUT2D eigenvalue weighted by Gasteiger charge is -2.23. The molecule has 0 aliphatic carbocycles. The first-order valence-corrected chi connectivity index (χ1v) is 9.22. The molecule has 4 atom stereocenters. The normalized spacial score (nSPS) is 25.8. The Labute approximate surface area is 157 Å². The van der Waals surface area contributed by atoms with E-state index in [2.05, 4.69) is 17.8 Å². The van der Waals surface area contributed by atoms with Crippen LogP contribution in [-0.4, -0.2) is 41.7 Å². The fraction of sp³-hybridized carbons (Fsp3) is 0.526. The zero-order chi connectivity index (χ0) is 19.4. The molecule has 2 bridgehead atoms. The quantitative estimate of drug-likeness (QED) is 0.491. The van der Waals surface area contributed by atoms with Crippen LogP contribution in [0.5, 0.6) is 5.75 Å². The number of rotatable bonds is 7. The second kappa shape index (κ2) is 8.39. The van der Waals surface area contributed by atoms with E-state index >= 15 is 0 Å². The van der Waals surface area contributed by atoms with Gasteiger partial charge in [-0.25, -0.2) is 0 Å². The molecule has 2 heterocycles. The first kappa shape index (κ1) is 19.2. The molecule has 2 aliphatic heterocycles. The molecule has 8 nitrogen and oxygen atoms in total. The van der Waals surface area contributed by atoms with Gasteiger partial charge in [-0.1, -0.05) is 13.3 Å². The summed E-state index contributed by atoms with van der Waals surface area (Å²) in [6, 6.07) is 6.58. The maximum absolute atomic E-state index is 12.4. The lowest BCUT2D eigenvalue weighted by Crippen LogP contribution is -2.50. The van der Waals surface area contributed by atoms with Crippen molar-refractivity contribution in [3.8, 4) is 5.75 Å². The Morgan fingerprint density at radius 2 is 1.78 bits per heavy atom. The number of hydrazine groups is 1. The van der Waals surface area contributed by atoms with Crippen molar-refractivity contribution in [2.24, 2.45) is 11.8 Å². The van der Waals surface area contributed by atoms with E-state index in [0.717, 1.165) is 12.8 Å². The number of aliphatic carboxylic acids is 1. The molecule has 27 heavy (non-hydrogen) atoms. The summed E-state index contributed by atoms with van der Waals surface area (Å²) >= 11 is 0. The van der Waals surface area contributed by atoms with Crippen LogP contribution in [0.25, 0.3) is 0 Å². The highest BCUT2D eigenvalue weighted by Gasteiger charge is 2.55. The molecule has 2 saturated heterocycles. The Morgan fingerprint density at radius 1 is 1.11 bits per heavy atom. The van der Waals surface area contributed by atoms with Gasteiger partial charge in [-0.15, -0.1) is 0 Å². The molecule has 0 aromatic heterocycles. The van der Waals surface area contributed by atoms with E-state index in [4.69, 9.17) is 9.47 Å². The zero-order valence-electron chi connectivity index (χ0n) is 15.1. The van der Waals surface area contributed by atoms with Crippen LogP contribution in [0.15, 0.2) is 24.3 Å². The maximum atomic E-state index is 12.4. The molecule has 0 saturated carbocycles. The average Bonchev–Trinajstić information content (AvgIpc) is 3.28. The molecule has 2 amide bonds. The van der Waals surface area contributed by atoms with Crippen LogP contribution < -0.4 is 15.6 Å². The second-order valence-corrected chi connectivity index (χ2v) is 6.85. The number of amides is 2. The summed E-state index contributed by atoms with van der Waals surface area (Å²) in [6.07, 6.45) is 2.45. The van der Waals surface area contributed by atoms with Gasteiger partial charge < -0.3 is 14.6 Å². The van der Waals surface area contributed by atoms with E-state index in [9.17, 15) is 19.5 Å². The van der Waals surface area contributed by atoms with Crippen molar-refractivity contribution < 1.29 is 29.0 Å². The number of carboxylic acids is 1. The molecule has 0 radical (unpaired) electrons. The first-order chi connectivity index (χ1) is 13.0. The van der Waals surface area contributed by atoms with Gasteiger partial charge in [0.05, 0.1) is 30.7 Å². The van der Waals surface area contributed by atoms with Crippen LogP contribution in [0.4, 0.5) is 0 Å². The number of fused-ring (bicyclic) bond motifs is 2. The predicted octanol–water partition coefficient (Wildman–Crippen LogP) is 1.50. The minimum absolute atomic E-state index is 0.358. The predicted molar refractivity (Wildman–Crippen MR) is 95.0 cm³/mol. The highest BCUT2D eigenvalue weighted by molar-refractivity contribution is 5.96. The summed E-state index contributed by atoms with van der Waals surface area (Å²) in [5.74, 6) is -3.07. The van der Waals surface area contributed by atoms with E-state index < -0.39 is 41.8 Å². The molecule has 3 rings (SSSR count). The highest BCUT2D eigenvalue weighted by Crippen LogP contribution is 2.43. The number of carbonyl (C=O) groups excluding carboxylic acids is 2. The number of nitrogens with one attached hydrogen (secondary N) is 2. The Bertz CT molecular complexity index is 705. The van der Waals surface area contributed by atoms with Gasteiger partial charge >= 0.3 is 5.97 Å². The number of hydrogen-bond donors (Lipinski definition) is 3. The number of hydrogen-bond acceptors (Lipinski definition) is 5. The van der Waals surface area contributed by atoms with Gasteiger partial charge in [0.2, 0.25) is 5.91 Å². The molecule has 0 unspecified atom stereocenters. The topological polar surface area (TPSA) is 114 Å². The molecule has 1 aromatic carbocycles. The van der Waals surface area contributed by atoms with Crippen LogP contribution in [0.2, 0.25) is 0 Å². The van der Waals surface area contributed by atoms with Crippen LogP contribution >= 0.6 is 0 Å². The number of benzene rings is 1. The van der Waals surface area contributed by atoms with Crippen LogP contribution in [-0.2, 0) is 14.3 Å². The van der Waals surface area contributed by atoms with Crippen molar-refractivity contribution in [2.45, 2.75) is 44.8 Å². The van der Waals surface area contributed by atoms with E-state index in [-0.39, 0.29) is 0 Å². The van der Waals surface area contributed by atoms with Gasteiger partial charge in [0.1, 0.15) is 5.75 Å². The number of ether oxygens (including phenoxy) is 2. The molecule has 2 fully saturated rings. The molecular weight excluding hydrogens is 352 g/mol. The molecular formula is C19H24N2O6. The summed E-state index contributed by atoms with van der Waals surface area (Å²) in [5, 5.41) is 9.35. The Hall–Kier alpha value is -2.61. The van der Waals surface area contributed by atoms with Crippen molar-refractivity contribution in [3.05, 3.63) is 29.8 Å². The minimum Gasteiger partial charge on any atom is -0.494 e. The Morgan fingerprint density at radius 3 is 2.41 bits per heavy atom. The average molecular weight is 376 g/mol. The van der Waals surface area contributed by atoms with Gasteiger partial charge in [0.15, 0.2) is 0 Å². The van der Waals surface area contributed by atoms with Gasteiger partial charge in [-0.2, -0.15) is 0 Å². The van der Waals surface area contributed by atoms with Crippen molar-refractivity contribution in [3.63, 3.8) is 0 Å². The number of carboxylic acid groups (broad SMARTS) is 1. The summed E-state index contributed by atoms with van der Waals surface area (Å²) in [5.41, 5.74) is 5.03. The summed E-state index contributed by atoms with van der Waals surface area (Å²) in [6.45, 7) is 2.70. The van der Waals surface area contributed by atoms with Crippen LogP contribution in [0.1, 0.15) is 43.0 Å². The summed E-state index contributed by atoms with van der Waals surface area (Å²) < 4.78 is 11.1. The van der Waals surface area contributed by atoms with E-state index in [0.29, 0.717) is 30.8 Å². The standard InChI is InChI=1S/C19H24N2O6/c1-2-3-10-26-12-6-4-11(5-7-12)17(22)20-21-18(23)15-13-8-9-14(27-13)16(15)19(24)25/h4-7,13-16H,2-3,8-10H2,1H3,(H,20,22)(H,21,23)(H,24,25)/t13-,14-,15+,16-/m1/s1. The van der Waals surface area contributed by atoms with Gasteiger partial charge in [0, 0.05) is 5.56 Å². The summed E-state index contributed by atoms with van der Waals surface area (Å²) in [7, 11) is 0. The molecule has 3 N–H and O–H groups in total. The first-order valence-electron chi connectivity index (χ1n) is 9.22. The zero-order valence-corrected chi connectivity index (χ0v) is 15.1. The maximum Gasteiger partial charge on any atom is 0.310 e. The van der Waals surface area contributed by atoms with E-state index in [1.165, 1.54) is 0 Å². The van der Waals surface area contributed by atoms with Gasteiger partial charge in [-0.3, -0.25) is 25.2 Å². The molecule has 146 valence electrons.